The van der Waals surface area contributed by atoms with Crippen molar-refractivity contribution in [2.45, 2.75) is 50.5 Å². The van der Waals surface area contributed by atoms with Gasteiger partial charge in [-0.3, -0.25) is 4.79 Å². The third kappa shape index (κ3) is 3.02. The van der Waals surface area contributed by atoms with E-state index in [0.29, 0.717) is 17.7 Å². The molecule has 22 heavy (non-hydrogen) atoms. The molecular weight excluding hydrogens is 292 g/mol. The Kier molecular flexibility index (Phi) is 4.77. The van der Waals surface area contributed by atoms with Crippen molar-refractivity contribution >= 4 is 28.6 Å². The molecule has 0 radical (unpaired) electrons. The van der Waals surface area contributed by atoms with Crippen LogP contribution in [-0.4, -0.2) is 34.1 Å². The van der Waals surface area contributed by atoms with Gasteiger partial charge in [-0.1, -0.05) is 25.1 Å². The molecule has 2 heterocycles. The maximum absolute atomic E-state index is 12.6. The molecule has 1 unspecified atom stereocenters. The van der Waals surface area contributed by atoms with Crippen molar-refractivity contribution in [2.24, 2.45) is 0 Å². The van der Waals surface area contributed by atoms with E-state index in [-0.39, 0.29) is 0 Å². The monoisotopic (exact) mass is 316 g/mol. The zero-order valence-electron chi connectivity index (χ0n) is 13.4. The van der Waals surface area contributed by atoms with Gasteiger partial charge in [0.25, 0.3) is 0 Å². The molecule has 1 aliphatic heterocycles. The molecule has 1 fully saturated rings. The van der Waals surface area contributed by atoms with Crippen LogP contribution >= 0.6 is 11.8 Å². The van der Waals surface area contributed by atoms with Crippen LogP contribution in [0, 0.1) is 6.92 Å². The Morgan fingerprint density at radius 1 is 1.36 bits per heavy atom. The number of carbonyl (C=O) groups excluding carboxylic acids is 1. The van der Waals surface area contributed by atoms with Crippen molar-refractivity contribution in [3.05, 3.63) is 30.0 Å². The van der Waals surface area contributed by atoms with E-state index < -0.39 is 0 Å². The lowest BCUT2D eigenvalue weighted by Crippen LogP contribution is -2.44. The van der Waals surface area contributed by atoms with Crippen LogP contribution in [0.1, 0.15) is 38.3 Å². The van der Waals surface area contributed by atoms with E-state index in [1.165, 1.54) is 23.1 Å². The molecule has 1 aromatic heterocycles. The van der Waals surface area contributed by atoms with E-state index in [4.69, 9.17) is 0 Å². The molecule has 1 N–H and O–H groups in total. The lowest BCUT2D eigenvalue weighted by atomic mass is 10.0. The molecule has 3 nitrogen and oxygen atoms in total. The molecular formula is C18H24N2OS. The molecule has 0 saturated carbocycles. The summed E-state index contributed by atoms with van der Waals surface area (Å²) in [7, 11) is 0. The summed E-state index contributed by atoms with van der Waals surface area (Å²) in [6.07, 6.45) is 4.65. The number of likely N-dealkylation sites (tertiary alicyclic amines) is 1. The first-order chi connectivity index (χ1) is 10.7. The summed E-state index contributed by atoms with van der Waals surface area (Å²) < 4.78 is 0. The highest BCUT2D eigenvalue weighted by atomic mass is 32.2. The van der Waals surface area contributed by atoms with Gasteiger partial charge >= 0.3 is 0 Å². The Balaban J connectivity index is 1.71. The Bertz CT molecular complexity index is 664. The van der Waals surface area contributed by atoms with Crippen molar-refractivity contribution in [1.29, 1.82) is 0 Å². The van der Waals surface area contributed by atoms with E-state index in [0.717, 1.165) is 30.6 Å². The average molecular weight is 316 g/mol. The molecule has 3 rings (SSSR count). The van der Waals surface area contributed by atoms with Gasteiger partial charge in [0.15, 0.2) is 0 Å². The SMILES string of the molecule is CCC1CCCCN1C(=O)CSc1c(C)[nH]c2ccccc12. The summed E-state index contributed by atoms with van der Waals surface area (Å²) in [6, 6.07) is 8.76. The second-order valence-corrected chi connectivity index (χ2v) is 7.04. The van der Waals surface area contributed by atoms with E-state index in [1.54, 1.807) is 11.8 Å². The number of amides is 1. The van der Waals surface area contributed by atoms with Crippen LogP contribution in [0.3, 0.4) is 0 Å². The number of rotatable bonds is 4. The topological polar surface area (TPSA) is 36.1 Å². The number of para-hydroxylation sites is 1. The van der Waals surface area contributed by atoms with Crippen LogP contribution in [-0.2, 0) is 4.79 Å². The number of hydrogen-bond acceptors (Lipinski definition) is 2. The van der Waals surface area contributed by atoms with Gasteiger partial charge in [-0.05, 0) is 38.7 Å². The van der Waals surface area contributed by atoms with Gasteiger partial charge < -0.3 is 9.88 Å². The fourth-order valence-corrected chi connectivity index (χ4v) is 4.44. The van der Waals surface area contributed by atoms with Gasteiger partial charge in [-0.2, -0.15) is 0 Å². The number of nitrogens with one attached hydrogen (secondary N) is 1. The van der Waals surface area contributed by atoms with Crippen molar-refractivity contribution in [3.63, 3.8) is 0 Å². The molecule has 0 bridgehead atoms. The first-order valence-corrected chi connectivity index (χ1v) is 9.19. The van der Waals surface area contributed by atoms with Crippen molar-refractivity contribution in [2.75, 3.05) is 12.3 Å². The molecule has 2 aromatic rings. The molecule has 1 saturated heterocycles. The zero-order valence-corrected chi connectivity index (χ0v) is 14.2. The normalized spacial score (nSPS) is 18.8. The first kappa shape index (κ1) is 15.5. The van der Waals surface area contributed by atoms with Gasteiger partial charge in [-0.15, -0.1) is 11.8 Å². The van der Waals surface area contributed by atoms with Crippen LogP contribution in [0.15, 0.2) is 29.2 Å². The largest absolute Gasteiger partial charge is 0.358 e. The van der Waals surface area contributed by atoms with E-state index in [1.807, 2.05) is 6.07 Å². The summed E-state index contributed by atoms with van der Waals surface area (Å²) >= 11 is 1.68. The predicted octanol–water partition coefficient (Wildman–Crippen LogP) is 4.36. The molecule has 0 aliphatic carbocycles. The van der Waals surface area contributed by atoms with Crippen LogP contribution < -0.4 is 0 Å². The Labute approximate surface area is 136 Å². The number of hydrogen-bond donors (Lipinski definition) is 1. The number of H-pyrrole nitrogens is 1. The summed E-state index contributed by atoms with van der Waals surface area (Å²) in [6.45, 7) is 5.21. The number of carbonyl (C=O) groups is 1. The Morgan fingerprint density at radius 2 is 2.18 bits per heavy atom. The minimum Gasteiger partial charge on any atom is -0.358 e. The Morgan fingerprint density at radius 3 is 3.00 bits per heavy atom. The molecule has 1 aliphatic rings. The maximum atomic E-state index is 12.6. The Hall–Kier alpha value is -1.42. The number of fused-ring (bicyclic) bond motifs is 1. The number of aromatic amines is 1. The minimum absolute atomic E-state index is 0.293. The van der Waals surface area contributed by atoms with Gasteiger partial charge in [0.1, 0.15) is 0 Å². The summed E-state index contributed by atoms with van der Waals surface area (Å²) in [5, 5.41) is 1.23. The van der Waals surface area contributed by atoms with E-state index in [9.17, 15) is 4.79 Å². The quantitative estimate of drug-likeness (QED) is 0.851. The highest BCUT2D eigenvalue weighted by molar-refractivity contribution is 8.00. The molecule has 1 atom stereocenters. The van der Waals surface area contributed by atoms with Crippen LogP contribution in [0.2, 0.25) is 0 Å². The second kappa shape index (κ2) is 6.78. The van der Waals surface area contributed by atoms with Crippen molar-refractivity contribution in [3.8, 4) is 0 Å². The second-order valence-electron chi connectivity index (χ2n) is 6.06. The first-order valence-electron chi connectivity index (χ1n) is 8.20. The molecule has 0 spiro atoms. The number of benzene rings is 1. The number of aromatic nitrogens is 1. The van der Waals surface area contributed by atoms with Crippen molar-refractivity contribution < 1.29 is 4.79 Å². The number of thioether (sulfide) groups is 1. The number of piperidine rings is 1. The fourth-order valence-electron chi connectivity index (χ4n) is 3.41. The van der Waals surface area contributed by atoms with E-state index in [2.05, 4.69) is 41.9 Å². The smallest absolute Gasteiger partial charge is 0.233 e. The van der Waals surface area contributed by atoms with Gasteiger partial charge in [0.2, 0.25) is 5.91 Å². The fraction of sp³-hybridized carbons (Fsp3) is 0.500. The van der Waals surface area contributed by atoms with E-state index >= 15 is 0 Å². The maximum Gasteiger partial charge on any atom is 0.233 e. The summed E-state index contributed by atoms with van der Waals surface area (Å²) in [4.78, 5) is 19.3. The number of aryl methyl sites for hydroxylation is 1. The zero-order chi connectivity index (χ0) is 15.5. The van der Waals surface area contributed by atoms with Crippen LogP contribution in [0.5, 0.6) is 0 Å². The standard InChI is InChI=1S/C18H24N2OS/c1-3-14-8-6-7-11-20(14)17(21)12-22-18-13(2)19-16-10-5-4-9-15(16)18/h4-5,9-10,14,19H,3,6-8,11-12H2,1-2H3. The molecule has 1 aromatic carbocycles. The van der Waals surface area contributed by atoms with Crippen LogP contribution in [0.4, 0.5) is 0 Å². The third-order valence-corrected chi connectivity index (χ3v) is 5.80. The highest BCUT2D eigenvalue weighted by Gasteiger charge is 2.25. The number of nitrogens with zero attached hydrogens (tertiary/aromatic N) is 1. The molecule has 4 heteroatoms. The van der Waals surface area contributed by atoms with Crippen LogP contribution in [0.25, 0.3) is 10.9 Å². The lowest BCUT2D eigenvalue weighted by molar-refractivity contribution is -0.132. The third-order valence-electron chi connectivity index (χ3n) is 4.59. The molecule has 118 valence electrons. The lowest BCUT2D eigenvalue weighted by Gasteiger charge is -2.35. The highest BCUT2D eigenvalue weighted by Crippen LogP contribution is 2.32. The van der Waals surface area contributed by atoms with Gasteiger partial charge in [-0.25, -0.2) is 0 Å². The average Bonchev–Trinajstić information content (AvgIpc) is 2.87. The van der Waals surface area contributed by atoms with Gasteiger partial charge in [0, 0.05) is 34.1 Å². The van der Waals surface area contributed by atoms with Gasteiger partial charge in [0.05, 0.1) is 5.75 Å². The summed E-state index contributed by atoms with van der Waals surface area (Å²) in [5.74, 6) is 0.834. The predicted molar refractivity (Wildman–Crippen MR) is 93.4 cm³/mol. The summed E-state index contributed by atoms with van der Waals surface area (Å²) in [5.41, 5.74) is 2.31. The minimum atomic E-state index is 0.293. The molecule has 1 amide bonds. The van der Waals surface area contributed by atoms with Crippen molar-refractivity contribution in [1.82, 2.24) is 9.88 Å².